The zero-order chi connectivity index (χ0) is 17.1. The highest BCUT2D eigenvalue weighted by molar-refractivity contribution is 5.99. The number of nitrogens with zero attached hydrogens (tertiary/aromatic N) is 4. The van der Waals surface area contributed by atoms with E-state index in [2.05, 4.69) is 52.3 Å². The molecule has 0 spiro atoms. The van der Waals surface area contributed by atoms with Crippen molar-refractivity contribution < 1.29 is 4.92 Å². The van der Waals surface area contributed by atoms with Crippen LogP contribution in [0.2, 0.25) is 0 Å². The molecule has 2 heterocycles. The topological polar surface area (TPSA) is 85.3 Å². The van der Waals surface area contributed by atoms with E-state index in [9.17, 15) is 10.1 Å². The molecular weight excluding hydrogens is 306 g/mol. The monoisotopic (exact) mass is 323 g/mol. The zero-order valence-electron chi connectivity index (χ0n) is 13.4. The van der Waals surface area contributed by atoms with E-state index in [4.69, 9.17) is 0 Å². The van der Waals surface area contributed by atoms with Gasteiger partial charge in [-0.25, -0.2) is 4.98 Å². The van der Waals surface area contributed by atoms with Crippen molar-refractivity contribution in [2.45, 2.75) is 19.9 Å². The molecule has 1 N–H and O–H groups in total. The molecule has 0 radical (unpaired) electrons. The Balaban J connectivity index is 1.82. The van der Waals surface area contributed by atoms with Crippen molar-refractivity contribution in [1.29, 1.82) is 0 Å². The van der Waals surface area contributed by atoms with Crippen molar-refractivity contribution in [3.8, 4) is 0 Å². The van der Waals surface area contributed by atoms with E-state index < -0.39 is 4.92 Å². The van der Waals surface area contributed by atoms with Gasteiger partial charge in [-0.1, -0.05) is 18.2 Å². The Labute approximate surface area is 138 Å². The second-order valence-electron chi connectivity index (χ2n) is 5.63. The number of hydrogen-bond donors (Lipinski definition) is 1. The summed E-state index contributed by atoms with van der Waals surface area (Å²) in [6.45, 7) is 4.26. The number of rotatable bonds is 5. The van der Waals surface area contributed by atoms with Crippen molar-refractivity contribution in [3.05, 3.63) is 64.5 Å². The van der Waals surface area contributed by atoms with Crippen LogP contribution in [0.5, 0.6) is 0 Å². The maximum Gasteiger partial charge on any atom is 0.287 e. The molecule has 0 fully saturated rings. The minimum Gasteiger partial charge on any atom is -0.344 e. The molecule has 3 aromatic rings. The van der Waals surface area contributed by atoms with E-state index in [0.29, 0.717) is 11.9 Å². The number of fused-ring (bicyclic) bond motifs is 1. The summed E-state index contributed by atoms with van der Waals surface area (Å²) in [4.78, 5) is 14.1. The molecule has 7 nitrogen and oxygen atoms in total. The molecule has 0 bridgehead atoms. The fourth-order valence-electron chi connectivity index (χ4n) is 2.49. The van der Waals surface area contributed by atoms with Gasteiger partial charge in [0.1, 0.15) is 12.0 Å². The summed E-state index contributed by atoms with van der Waals surface area (Å²) < 4.78 is 2.20. The predicted molar refractivity (Wildman–Crippen MR) is 94.4 cm³/mol. The van der Waals surface area contributed by atoms with Gasteiger partial charge in [0.15, 0.2) is 0 Å². The molecular formula is C17H17N5O2. The van der Waals surface area contributed by atoms with Gasteiger partial charge in [0.2, 0.25) is 0 Å². The van der Waals surface area contributed by atoms with Gasteiger partial charge in [-0.2, -0.15) is 5.10 Å². The van der Waals surface area contributed by atoms with Crippen LogP contribution in [0.15, 0.2) is 53.9 Å². The number of pyridine rings is 1. The van der Waals surface area contributed by atoms with Gasteiger partial charge in [-0.05, 0) is 26.0 Å². The van der Waals surface area contributed by atoms with Gasteiger partial charge >= 0.3 is 0 Å². The van der Waals surface area contributed by atoms with Gasteiger partial charge in [0, 0.05) is 34.8 Å². The molecule has 7 heteroatoms. The van der Waals surface area contributed by atoms with Crippen LogP contribution in [-0.2, 0) is 0 Å². The standard InChI is InChI=1S/C17H17N5O2/c1-12(2)21-11-13(15-5-3-4-6-16(15)21)9-19-20-17-8-7-14(10-18-17)22(23)24/h3-12H,1-2H3,(H,18,20)/b19-9+. The Morgan fingerprint density at radius 2 is 2.08 bits per heavy atom. The third-order valence-corrected chi connectivity index (χ3v) is 3.67. The minimum atomic E-state index is -0.485. The Morgan fingerprint density at radius 3 is 2.75 bits per heavy atom. The largest absolute Gasteiger partial charge is 0.344 e. The normalized spacial score (nSPS) is 11.5. The third-order valence-electron chi connectivity index (χ3n) is 3.67. The molecule has 1 aromatic carbocycles. The van der Waals surface area contributed by atoms with E-state index in [1.54, 1.807) is 6.21 Å². The third kappa shape index (κ3) is 3.10. The molecule has 2 aromatic heterocycles. The minimum absolute atomic E-state index is 0.0514. The van der Waals surface area contributed by atoms with Crippen molar-refractivity contribution in [2.75, 3.05) is 5.43 Å². The molecule has 0 unspecified atom stereocenters. The van der Waals surface area contributed by atoms with Crippen LogP contribution in [0.4, 0.5) is 11.5 Å². The number of nitrogens with one attached hydrogen (secondary N) is 1. The summed E-state index contributed by atoms with van der Waals surface area (Å²) in [7, 11) is 0. The number of anilines is 1. The van der Waals surface area contributed by atoms with E-state index in [1.807, 2.05) is 12.1 Å². The molecule has 0 aliphatic carbocycles. The summed E-state index contributed by atoms with van der Waals surface area (Å²) in [5, 5.41) is 15.9. The van der Waals surface area contributed by atoms with E-state index >= 15 is 0 Å². The Kier molecular flexibility index (Phi) is 4.24. The molecule has 3 rings (SSSR count). The lowest BCUT2D eigenvalue weighted by atomic mass is 10.2. The second-order valence-corrected chi connectivity index (χ2v) is 5.63. The molecule has 0 aliphatic rings. The highest BCUT2D eigenvalue weighted by Gasteiger charge is 2.08. The number of benzene rings is 1. The van der Waals surface area contributed by atoms with Gasteiger partial charge in [0.25, 0.3) is 5.69 Å². The Bertz CT molecular complexity index is 897. The fraction of sp³-hybridized carbons (Fsp3) is 0.176. The molecule has 0 saturated carbocycles. The number of nitro groups is 1. The van der Waals surface area contributed by atoms with Gasteiger partial charge in [0.05, 0.1) is 11.1 Å². The first-order chi connectivity index (χ1) is 11.6. The summed E-state index contributed by atoms with van der Waals surface area (Å²) in [6.07, 6.45) is 4.98. The molecule has 24 heavy (non-hydrogen) atoms. The number of hydrazone groups is 1. The lowest BCUT2D eigenvalue weighted by molar-refractivity contribution is -0.385. The molecule has 0 amide bonds. The predicted octanol–water partition coefficient (Wildman–Crippen LogP) is 3.97. The van der Waals surface area contributed by atoms with Crippen LogP contribution in [0.25, 0.3) is 10.9 Å². The summed E-state index contributed by atoms with van der Waals surface area (Å²) in [6, 6.07) is 11.4. The van der Waals surface area contributed by atoms with Crippen LogP contribution in [0, 0.1) is 10.1 Å². The number of aromatic nitrogens is 2. The Morgan fingerprint density at radius 1 is 1.29 bits per heavy atom. The molecule has 122 valence electrons. The van der Waals surface area contributed by atoms with Gasteiger partial charge in [-0.3, -0.25) is 15.5 Å². The quantitative estimate of drug-likeness (QED) is 0.437. The smallest absolute Gasteiger partial charge is 0.287 e. The van der Waals surface area contributed by atoms with Crippen LogP contribution in [0.1, 0.15) is 25.5 Å². The molecule has 0 saturated heterocycles. The maximum atomic E-state index is 10.6. The van der Waals surface area contributed by atoms with Gasteiger partial charge in [-0.15, -0.1) is 0 Å². The number of hydrogen-bond acceptors (Lipinski definition) is 5. The van der Waals surface area contributed by atoms with Crippen LogP contribution in [-0.4, -0.2) is 20.7 Å². The van der Waals surface area contributed by atoms with Gasteiger partial charge < -0.3 is 4.57 Å². The van der Waals surface area contributed by atoms with E-state index in [-0.39, 0.29) is 5.69 Å². The molecule has 0 aliphatic heterocycles. The highest BCUT2D eigenvalue weighted by Crippen LogP contribution is 2.23. The first-order valence-corrected chi connectivity index (χ1v) is 7.55. The maximum absolute atomic E-state index is 10.6. The zero-order valence-corrected chi connectivity index (χ0v) is 13.4. The average molecular weight is 323 g/mol. The SMILES string of the molecule is CC(C)n1cc(/C=N/Nc2ccc([N+](=O)[O-])cn2)c2ccccc21. The summed E-state index contributed by atoms with van der Waals surface area (Å²) in [5.74, 6) is 0.449. The molecule has 0 atom stereocenters. The number of para-hydroxylation sites is 1. The van der Waals surface area contributed by atoms with Crippen molar-refractivity contribution in [1.82, 2.24) is 9.55 Å². The average Bonchev–Trinajstić information content (AvgIpc) is 2.95. The lowest BCUT2D eigenvalue weighted by Crippen LogP contribution is -1.97. The Hall–Kier alpha value is -3.22. The van der Waals surface area contributed by atoms with Crippen LogP contribution >= 0.6 is 0 Å². The van der Waals surface area contributed by atoms with E-state index in [0.717, 1.165) is 16.5 Å². The van der Waals surface area contributed by atoms with Crippen molar-refractivity contribution >= 4 is 28.6 Å². The van der Waals surface area contributed by atoms with Crippen molar-refractivity contribution in [2.24, 2.45) is 5.10 Å². The fourth-order valence-corrected chi connectivity index (χ4v) is 2.49. The van der Waals surface area contributed by atoms with Crippen LogP contribution in [0.3, 0.4) is 0 Å². The first-order valence-electron chi connectivity index (χ1n) is 7.55. The van der Waals surface area contributed by atoms with Crippen molar-refractivity contribution in [3.63, 3.8) is 0 Å². The summed E-state index contributed by atoms with van der Waals surface area (Å²) >= 11 is 0. The van der Waals surface area contributed by atoms with Crippen LogP contribution < -0.4 is 5.43 Å². The second kappa shape index (κ2) is 6.49. The summed E-state index contributed by atoms with van der Waals surface area (Å²) in [5.41, 5.74) is 4.89. The highest BCUT2D eigenvalue weighted by atomic mass is 16.6. The lowest BCUT2D eigenvalue weighted by Gasteiger charge is -2.08. The first kappa shape index (κ1) is 15.7. The van der Waals surface area contributed by atoms with E-state index in [1.165, 1.54) is 18.3 Å².